The summed E-state index contributed by atoms with van der Waals surface area (Å²) in [5, 5.41) is 0. The molecule has 8 heteroatoms. The molecule has 1 unspecified atom stereocenters. The molecule has 0 aliphatic carbocycles. The van der Waals surface area contributed by atoms with E-state index in [1.54, 1.807) is 62.4 Å². The van der Waals surface area contributed by atoms with Gasteiger partial charge in [-0.25, -0.2) is 18.0 Å². The van der Waals surface area contributed by atoms with Crippen molar-refractivity contribution in [3.63, 3.8) is 0 Å². The fourth-order valence-electron chi connectivity index (χ4n) is 2.60. The Hall–Kier alpha value is -2.45. The molecule has 154 valence electrons. The van der Waals surface area contributed by atoms with Crippen LogP contribution in [0.1, 0.15) is 19.4 Å². The first-order valence-corrected chi connectivity index (χ1v) is 11.4. The molecule has 6 nitrogen and oxygen atoms in total. The molecule has 0 saturated carbocycles. The van der Waals surface area contributed by atoms with Crippen LogP contribution in [-0.4, -0.2) is 37.7 Å². The number of halogens is 1. The van der Waals surface area contributed by atoms with Crippen molar-refractivity contribution >= 4 is 43.3 Å². The summed E-state index contributed by atoms with van der Waals surface area (Å²) in [4.78, 5) is 25.3. The van der Waals surface area contributed by atoms with Crippen LogP contribution >= 0.6 is 15.9 Å². The molecule has 0 aromatic heterocycles. The lowest BCUT2D eigenvalue weighted by molar-refractivity contribution is -0.146. The second-order valence-electron chi connectivity index (χ2n) is 5.77. The Morgan fingerprint density at radius 1 is 0.862 bits per heavy atom. The van der Waals surface area contributed by atoms with Crippen LogP contribution in [0.15, 0.2) is 71.1 Å². The van der Waals surface area contributed by atoms with Gasteiger partial charge in [-0.2, -0.15) is 0 Å². The molecule has 0 radical (unpaired) electrons. The van der Waals surface area contributed by atoms with Crippen molar-refractivity contribution in [3.05, 3.63) is 71.8 Å². The van der Waals surface area contributed by atoms with E-state index in [0.29, 0.717) is 5.56 Å². The van der Waals surface area contributed by atoms with Crippen LogP contribution in [0.3, 0.4) is 0 Å². The SMILES string of the molecule is CCOC(=O)C(C(=O)OCC)=C(c1ccccc1)C(Br)S(=O)(=O)c1ccccc1. The summed E-state index contributed by atoms with van der Waals surface area (Å²) < 4.78 is 35.1. The molecule has 0 aliphatic heterocycles. The predicted octanol–water partition coefficient (Wildman–Crippen LogP) is 3.76. The van der Waals surface area contributed by atoms with E-state index in [1.807, 2.05) is 0 Å². The number of alkyl halides is 1. The highest BCUT2D eigenvalue weighted by Crippen LogP contribution is 2.35. The molecule has 0 spiro atoms. The zero-order valence-electron chi connectivity index (χ0n) is 16.0. The highest BCUT2D eigenvalue weighted by molar-refractivity contribution is 9.11. The highest BCUT2D eigenvalue weighted by Gasteiger charge is 2.36. The Balaban J connectivity index is 2.78. The van der Waals surface area contributed by atoms with Crippen molar-refractivity contribution in [2.24, 2.45) is 0 Å². The summed E-state index contributed by atoms with van der Waals surface area (Å²) in [6, 6.07) is 16.1. The Morgan fingerprint density at radius 3 is 1.76 bits per heavy atom. The molecule has 0 amide bonds. The van der Waals surface area contributed by atoms with E-state index in [4.69, 9.17) is 9.47 Å². The van der Waals surface area contributed by atoms with E-state index < -0.39 is 31.5 Å². The van der Waals surface area contributed by atoms with Crippen LogP contribution in [0.5, 0.6) is 0 Å². The number of hydrogen-bond donors (Lipinski definition) is 0. The Kier molecular flexibility index (Phi) is 8.16. The molecule has 1 atom stereocenters. The van der Waals surface area contributed by atoms with E-state index in [1.165, 1.54) is 12.1 Å². The zero-order chi connectivity index (χ0) is 21.4. The number of esters is 2. The zero-order valence-corrected chi connectivity index (χ0v) is 18.4. The summed E-state index contributed by atoms with van der Waals surface area (Å²) in [6.07, 6.45) is 0. The van der Waals surface area contributed by atoms with Gasteiger partial charge in [0.25, 0.3) is 0 Å². The third-order valence-electron chi connectivity index (χ3n) is 3.88. The lowest BCUT2D eigenvalue weighted by atomic mass is 10.0. The Morgan fingerprint density at radius 2 is 1.31 bits per heavy atom. The molecular weight excluding hydrogens is 460 g/mol. The van der Waals surface area contributed by atoms with E-state index in [9.17, 15) is 18.0 Å². The maximum absolute atomic E-state index is 13.2. The molecule has 0 N–H and O–H groups in total. The summed E-state index contributed by atoms with van der Waals surface area (Å²) in [6.45, 7) is 3.22. The summed E-state index contributed by atoms with van der Waals surface area (Å²) in [7, 11) is -3.99. The van der Waals surface area contributed by atoms with Gasteiger partial charge in [-0.1, -0.05) is 64.5 Å². The van der Waals surface area contributed by atoms with Crippen LogP contribution in [0, 0.1) is 0 Å². The number of rotatable bonds is 8. The molecule has 0 saturated heterocycles. The second-order valence-corrected chi connectivity index (χ2v) is 9.32. The van der Waals surface area contributed by atoms with Gasteiger partial charge in [0.05, 0.1) is 18.1 Å². The number of ether oxygens (including phenoxy) is 2. The van der Waals surface area contributed by atoms with Gasteiger partial charge in [0.2, 0.25) is 0 Å². The van der Waals surface area contributed by atoms with Crippen LogP contribution in [-0.2, 0) is 28.9 Å². The predicted molar refractivity (Wildman–Crippen MR) is 113 cm³/mol. The Bertz CT molecular complexity index is 964. The molecule has 2 aromatic rings. The Labute approximate surface area is 178 Å². The van der Waals surface area contributed by atoms with Crippen molar-refractivity contribution in [2.75, 3.05) is 13.2 Å². The average molecular weight is 481 g/mol. The van der Waals surface area contributed by atoms with Crippen molar-refractivity contribution in [2.45, 2.75) is 22.9 Å². The van der Waals surface area contributed by atoms with Gasteiger partial charge in [0.15, 0.2) is 15.4 Å². The van der Waals surface area contributed by atoms with Crippen molar-refractivity contribution in [1.82, 2.24) is 0 Å². The van der Waals surface area contributed by atoms with Gasteiger partial charge in [-0.15, -0.1) is 0 Å². The molecular formula is C21H21BrO6S. The fourth-order valence-corrected chi connectivity index (χ4v) is 5.08. The van der Waals surface area contributed by atoms with Crippen LogP contribution in [0.25, 0.3) is 5.57 Å². The molecule has 29 heavy (non-hydrogen) atoms. The van der Waals surface area contributed by atoms with Crippen molar-refractivity contribution in [1.29, 1.82) is 0 Å². The van der Waals surface area contributed by atoms with Crippen molar-refractivity contribution in [3.8, 4) is 0 Å². The van der Waals surface area contributed by atoms with Crippen LogP contribution < -0.4 is 0 Å². The lowest BCUT2D eigenvalue weighted by Crippen LogP contribution is -2.26. The average Bonchev–Trinajstić information content (AvgIpc) is 2.73. The molecule has 2 rings (SSSR count). The lowest BCUT2D eigenvalue weighted by Gasteiger charge is -2.19. The number of carbonyl (C=O) groups is 2. The molecule has 2 aromatic carbocycles. The molecule has 0 bridgehead atoms. The van der Waals surface area contributed by atoms with Gasteiger partial charge >= 0.3 is 11.9 Å². The second kappa shape index (κ2) is 10.4. The minimum atomic E-state index is -3.99. The minimum absolute atomic E-state index is 0.0161. The van der Waals surface area contributed by atoms with Gasteiger partial charge in [0.1, 0.15) is 4.16 Å². The number of carbonyl (C=O) groups excluding carboxylic acids is 2. The first kappa shape index (κ1) is 22.8. The van der Waals surface area contributed by atoms with E-state index in [2.05, 4.69) is 15.9 Å². The third kappa shape index (κ3) is 5.33. The van der Waals surface area contributed by atoms with Crippen LogP contribution in [0.2, 0.25) is 0 Å². The summed E-state index contributed by atoms with van der Waals surface area (Å²) in [5.41, 5.74) is -0.113. The first-order valence-electron chi connectivity index (χ1n) is 8.91. The maximum atomic E-state index is 13.2. The third-order valence-corrected chi connectivity index (χ3v) is 7.53. The van der Waals surface area contributed by atoms with E-state index >= 15 is 0 Å². The number of sulfone groups is 1. The highest BCUT2D eigenvalue weighted by atomic mass is 79.9. The van der Waals surface area contributed by atoms with Gasteiger partial charge in [-0.05, 0) is 31.5 Å². The normalized spacial score (nSPS) is 12.0. The quantitative estimate of drug-likeness (QED) is 0.188. The standard InChI is InChI=1S/C21H21BrO6S/c1-3-27-20(23)18(21(24)28-4-2)17(15-11-7-5-8-12-15)19(22)29(25,26)16-13-9-6-10-14-16/h5-14,19H,3-4H2,1-2H3. The number of hydrogen-bond acceptors (Lipinski definition) is 6. The smallest absolute Gasteiger partial charge is 0.345 e. The van der Waals surface area contributed by atoms with Gasteiger partial charge in [-0.3, -0.25) is 0 Å². The summed E-state index contributed by atoms with van der Waals surface area (Å²) >= 11 is 3.22. The molecule has 0 fully saturated rings. The first-order chi connectivity index (χ1) is 13.8. The molecule has 0 aliphatic rings. The maximum Gasteiger partial charge on any atom is 0.345 e. The minimum Gasteiger partial charge on any atom is -0.462 e. The number of benzene rings is 2. The van der Waals surface area contributed by atoms with Crippen LogP contribution in [0.4, 0.5) is 0 Å². The van der Waals surface area contributed by atoms with E-state index in [0.717, 1.165) is 0 Å². The fraction of sp³-hybridized carbons (Fsp3) is 0.238. The van der Waals surface area contributed by atoms with Crippen molar-refractivity contribution < 1.29 is 27.5 Å². The van der Waals surface area contributed by atoms with Gasteiger partial charge < -0.3 is 9.47 Å². The summed E-state index contributed by atoms with van der Waals surface area (Å²) in [5.74, 6) is -1.89. The monoisotopic (exact) mass is 480 g/mol. The largest absolute Gasteiger partial charge is 0.462 e. The molecule has 0 heterocycles. The topological polar surface area (TPSA) is 86.7 Å². The van der Waals surface area contributed by atoms with Gasteiger partial charge in [0, 0.05) is 5.57 Å². The van der Waals surface area contributed by atoms with E-state index in [-0.39, 0.29) is 23.7 Å².